The molecule has 2 heterocycles. The van der Waals surface area contributed by atoms with Gasteiger partial charge in [-0.05, 0) is 69.4 Å². The Labute approximate surface area is 182 Å². The molecule has 7 heteroatoms. The molecule has 1 saturated heterocycles. The Balaban J connectivity index is 1.98. The number of carbonyl (C=O) groups is 2. The zero-order valence-electron chi connectivity index (χ0n) is 18.6. The van der Waals surface area contributed by atoms with E-state index in [4.69, 9.17) is 9.15 Å². The number of aryl methyl sites for hydroxylation is 1. The van der Waals surface area contributed by atoms with Crippen molar-refractivity contribution in [2.24, 2.45) is 0 Å². The first-order chi connectivity index (χ1) is 14.9. The SMILES string of the molecule is CCN(CC)CCCN1C(=O)C(=O)/C(=C(/O)c2ccc(OC)cc2)[C@H]1c1ccc(C)o1. The summed E-state index contributed by atoms with van der Waals surface area (Å²) in [5.74, 6) is 0.240. The highest BCUT2D eigenvalue weighted by atomic mass is 16.5. The van der Waals surface area contributed by atoms with Gasteiger partial charge in [0.25, 0.3) is 11.7 Å². The van der Waals surface area contributed by atoms with Crippen LogP contribution in [0.3, 0.4) is 0 Å². The summed E-state index contributed by atoms with van der Waals surface area (Å²) < 4.78 is 11.0. The van der Waals surface area contributed by atoms with Gasteiger partial charge in [0, 0.05) is 12.1 Å². The predicted octanol–water partition coefficient (Wildman–Crippen LogP) is 3.75. The Morgan fingerprint density at radius 3 is 2.35 bits per heavy atom. The van der Waals surface area contributed by atoms with Crippen molar-refractivity contribution in [2.75, 3.05) is 33.3 Å². The third-order valence-corrected chi connectivity index (χ3v) is 5.70. The van der Waals surface area contributed by atoms with Crippen molar-refractivity contribution < 1.29 is 23.8 Å². The zero-order chi connectivity index (χ0) is 22.5. The quantitative estimate of drug-likeness (QED) is 0.374. The number of hydrogen-bond donors (Lipinski definition) is 1. The summed E-state index contributed by atoms with van der Waals surface area (Å²) in [7, 11) is 1.55. The number of hydrogen-bond acceptors (Lipinski definition) is 6. The minimum atomic E-state index is -0.757. The van der Waals surface area contributed by atoms with Gasteiger partial charge in [-0.1, -0.05) is 13.8 Å². The summed E-state index contributed by atoms with van der Waals surface area (Å²) in [5.41, 5.74) is 0.488. The number of aliphatic hydroxyl groups is 1. The van der Waals surface area contributed by atoms with Gasteiger partial charge in [-0.2, -0.15) is 0 Å². The fourth-order valence-corrected chi connectivity index (χ4v) is 3.92. The molecule has 1 fully saturated rings. The maximum Gasteiger partial charge on any atom is 0.295 e. The van der Waals surface area contributed by atoms with Gasteiger partial charge in [-0.3, -0.25) is 9.59 Å². The molecule has 3 rings (SSSR count). The lowest BCUT2D eigenvalue weighted by Gasteiger charge is -2.25. The number of Topliss-reactive ketones (excluding diaryl/α,β-unsaturated/α-hetero) is 1. The van der Waals surface area contributed by atoms with Crippen LogP contribution in [0.5, 0.6) is 5.75 Å². The second-order valence-corrected chi connectivity index (χ2v) is 7.55. The maximum atomic E-state index is 13.0. The van der Waals surface area contributed by atoms with Crippen LogP contribution in [0.25, 0.3) is 5.76 Å². The Morgan fingerprint density at radius 1 is 1.13 bits per heavy atom. The van der Waals surface area contributed by atoms with Crippen LogP contribution in [0.4, 0.5) is 0 Å². The number of furan rings is 1. The number of ether oxygens (including phenoxy) is 1. The van der Waals surface area contributed by atoms with Crippen LogP contribution >= 0.6 is 0 Å². The fourth-order valence-electron chi connectivity index (χ4n) is 3.92. The summed E-state index contributed by atoms with van der Waals surface area (Å²) in [5, 5.41) is 11.0. The van der Waals surface area contributed by atoms with E-state index in [0.717, 1.165) is 19.6 Å². The third kappa shape index (κ3) is 4.66. The number of amides is 1. The summed E-state index contributed by atoms with van der Waals surface area (Å²) in [6.45, 7) is 9.05. The van der Waals surface area contributed by atoms with E-state index in [9.17, 15) is 14.7 Å². The van der Waals surface area contributed by atoms with E-state index in [0.29, 0.717) is 35.8 Å². The van der Waals surface area contributed by atoms with Crippen LogP contribution in [0.2, 0.25) is 0 Å². The average Bonchev–Trinajstić information content (AvgIpc) is 3.32. The summed E-state index contributed by atoms with van der Waals surface area (Å²) in [6, 6.07) is 9.50. The zero-order valence-corrected chi connectivity index (χ0v) is 18.6. The normalized spacial score (nSPS) is 18.2. The molecule has 166 valence electrons. The molecule has 31 heavy (non-hydrogen) atoms. The molecule has 1 aromatic heterocycles. The van der Waals surface area contributed by atoms with E-state index in [1.165, 1.54) is 4.90 Å². The van der Waals surface area contributed by atoms with E-state index < -0.39 is 17.7 Å². The number of aliphatic hydroxyl groups excluding tert-OH is 1. The minimum Gasteiger partial charge on any atom is -0.507 e. The Kier molecular flexibility index (Phi) is 7.17. The van der Waals surface area contributed by atoms with Gasteiger partial charge in [0.15, 0.2) is 0 Å². The molecule has 0 unspecified atom stereocenters. The van der Waals surface area contributed by atoms with Gasteiger partial charge in [-0.25, -0.2) is 0 Å². The van der Waals surface area contributed by atoms with E-state index in [2.05, 4.69) is 18.7 Å². The predicted molar refractivity (Wildman–Crippen MR) is 118 cm³/mol. The standard InChI is InChI=1S/C24H30N2O5/c1-5-25(6-2)14-7-15-26-21(19-13-8-16(3)31-19)20(23(28)24(26)29)22(27)17-9-11-18(30-4)12-10-17/h8-13,21,27H,5-7,14-15H2,1-4H3/b22-20+/t21-/m1/s1. The van der Waals surface area contributed by atoms with Gasteiger partial charge in [0.05, 0.1) is 12.7 Å². The fraction of sp³-hybridized carbons (Fsp3) is 0.417. The maximum absolute atomic E-state index is 13.0. The van der Waals surface area contributed by atoms with Crippen molar-refractivity contribution in [1.82, 2.24) is 9.80 Å². The van der Waals surface area contributed by atoms with E-state index in [-0.39, 0.29) is 11.3 Å². The van der Waals surface area contributed by atoms with Crippen molar-refractivity contribution in [3.8, 4) is 5.75 Å². The van der Waals surface area contributed by atoms with Gasteiger partial charge < -0.3 is 24.1 Å². The number of carbonyl (C=O) groups excluding carboxylic acids is 2. The van der Waals surface area contributed by atoms with Crippen LogP contribution in [0, 0.1) is 6.92 Å². The van der Waals surface area contributed by atoms with Crippen molar-refractivity contribution in [3.05, 3.63) is 59.1 Å². The highest BCUT2D eigenvalue weighted by molar-refractivity contribution is 6.46. The largest absolute Gasteiger partial charge is 0.507 e. The monoisotopic (exact) mass is 426 g/mol. The first-order valence-electron chi connectivity index (χ1n) is 10.6. The molecule has 1 aliphatic rings. The molecule has 0 radical (unpaired) electrons. The van der Waals surface area contributed by atoms with Crippen LogP contribution in [-0.2, 0) is 9.59 Å². The van der Waals surface area contributed by atoms with Gasteiger partial charge >= 0.3 is 0 Å². The smallest absolute Gasteiger partial charge is 0.295 e. The van der Waals surface area contributed by atoms with Crippen molar-refractivity contribution >= 4 is 17.4 Å². The molecular weight excluding hydrogens is 396 g/mol. The van der Waals surface area contributed by atoms with E-state index in [1.807, 2.05) is 0 Å². The van der Waals surface area contributed by atoms with Crippen molar-refractivity contribution in [3.63, 3.8) is 0 Å². The number of benzene rings is 1. The molecule has 1 aliphatic heterocycles. The second-order valence-electron chi connectivity index (χ2n) is 7.55. The molecular formula is C24H30N2O5. The number of likely N-dealkylation sites (tertiary alicyclic amines) is 1. The molecule has 0 bridgehead atoms. The minimum absolute atomic E-state index is 0.0485. The number of rotatable bonds is 9. The first-order valence-corrected chi connectivity index (χ1v) is 10.6. The van der Waals surface area contributed by atoms with Gasteiger partial charge in [0.2, 0.25) is 0 Å². The van der Waals surface area contributed by atoms with Crippen LogP contribution in [0.15, 0.2) is 46.4 Å². The topological polar surface area (TPSA) is 83.2 Å². The Morgan fingerprint density at radius 2 is 1.81 bits per heavy atom. The number of ketones is 1. The number of methoxy groups -OCH3 is 1. The van der Waals surface area contributed by atoms with E-state index in [1.54, 1.807) is 50.4 Å². The third-order valence-electron chi connectivity index (χ3n) is 5.70. The highest BCUT2D eigenvalue weighted by Crippen LogP contribution is 2.40. The summed E-state index contributed by atoms with van der Waals surface area (Å²) in [4.78, 5) is 29.7. The van der Waals surface area contributed by atoms with Crippen LogP contribution in [0.1, 0.15) is 43.4 Å². The van der Waals surface area contributed by atoms with E-state index >= 15 is 0 Å². The Bertz CT molecular complexity index is 957. The lowest BCUT2D eigenvalue weighted by molar-refractivity contribution is -0.140. The molecule has 0 spiro atoms. The number of nitrogens with zero attached hydrogens (tertiary/aromatic N) is 2. The lowest BCUT2D eigenvalue weighted by atomic mass is 9.99. The molecule has 2 aromatic rings. The Hall–Kier alpha value is -3.06. The lowest BCUT2D eigenvalue weighted by Crippen LogP contribution is -2.33. The second kappa shape index (κ2) is 9.83. The van der Waals surface area contributed by atoms with Crippen LogP contribution < -0.4 is 4.74 Å². The first kappa shape index (κ1) is 22.6. The average molecular weight is 427 g/mol. The van der Waals surface area contributed by atoms with Gasteiger partial charge in [0.1, 0.15) is 29.1 Å². The molecule has 7 nitrogen and oxygen atoms in total. The van der Waals surface area contributed by atoms with Crippen molar-refractivity contribution in [1.29, 1.82) is 0 Å². The molecule has 1 amide bonds. The van der Waals surface area contributed by atoms with Crippen molar-refractivity contribution in [2.45, 2.75) is 33.2 Å². The molecule has 0 saturated carbocycles. The summed E-state index contributed by atoms with van der Waals surface area (Å²) in [6.07, 6.45) is 0.716. The molecule has 1 aromatic carbocycles. The summed E-state index contributed by atoms with van der Waals surface area (Å²) >= 11 is 0. The van der Waals surface area contributed by atoms with Gasteiger partial charge in [-0.15, -0.1) is 0 Å². The molecule has 1 N–H and O–H groups in total. The molecule has 0 aliphatic carbocycles. The van der Waals surface area contributed by atoms with Crippen LogP contribution in [-0.4, -0.2) is 59.9 Å². The molecule has 1 atom stereocenters. The highest BCUT2D eigenvalue weighted by Gasteiger charge is 2.47.